The number of halogens is 1. The van der Waals surface area contributed by atoms with Crippen molar-refractivity contribution in [1.29, 1.82) is 0 Å². The quantitative estimate of drug-likeness (QED) is 0.379. The summed E-state index contributed by atoms with van der Waals surface area (Å²) in [5, 5.41) is 15.4. The Kier molecular flexibility index (Phi) is 8.41. The van der Waals surface area contributed by atoms with Gasteiger partial charge in [-0.25, -0.2) is 0 Å². The molecule has 0 aliphatic rings. The van der Waals surface area contributed by atoms with Gasteiger partial charge < -0.3 is 15.7 Å². The van der Waals surface area contributed by atoms with Crippen LogP contribution in [-0.4, -0.2) is 39.5 Å². The molecule has 1 aromatic carbocycles. The van der Waals surface area contributed by atoms with Crippen molar-refractivity contribution in [2.24, 2.45) is 0 Å². The second-order valence-electron chi connectivity index (χ2n) is 8.53. The summed E-state index contributed by atoms with van der Waals surface area (Å²) in [4.78, 5) is 42.4. The number of pyridine rings is 1. The molecule has 0 spiro atoms. The minimum absolute atomic E-state index is 0.0213. The summed E-state index contributed by atoms with van der Waals surface area (Å²) >= 11 is 7.23. The van der Waals surface area contributed by atoms with E-state index in [0.29, 0.717) is 16.3 Å². The van der Waals surface area contributed by atoms with Gasteiger partial charge in [-0.05, 0) is 74.2 Å². The Labute approximate surface area is 207 Å². The summed E-state index contributed by atoms with van der Waals surface area (Å²) in [5.41, 5.74) is 1.29. The van der Waals surface area contributed by atoms with Gasteiger partial charge in [0.1, 0.15) is 6.04 Å². The fourth-order valence-corrected chi connectivity index (χ4v) is 4.52. The number of carboxylic acid groups (broad SMARTS) is 1. The molecular weight excluding hydrogens is 474 g/mol. The number of aromatic nitrogens is 1. The lowest BCUT2D eigenvalue weighted by molar-refractivity contribution is -0.137. The van der Waals surface area contributed by atoms with Crippen LogP contribution in [-0.2, 0) is 16.0 Å². The largest absolute Gasteiger partial charge is 0.481 e. The third kappa shape index (κ3) is 7.40. The van der Waals surface area contributed by atoms with E-state index in [2.05, 4.69) is 15.6 Å². The summed E-state index contributed by atoms with van der Waals surface area (Å²) in [6.45, 7) is 3.74. The molecule has 3 aromatic rings. The zero-order valence-corrected chi connectivity index (χ0v) is 20.4. The molecular formula is C25H26ClN3O4S. The van der Waals surface area contributed by atoms with E-state index in [0.717, 1.165) is 16.0 Å². The van der Waals surface area contributed by atoms with Crippen molar-refractivity contribution < 1.29 is 19.5 Å². The number of rotatable bonds is 10. The van der Waals surface area contributed by atoms with E-state index in [-0.39, 0.29) is 12.8 Å². The topological polar surface area (TPSA) is 108 Å². The Morgan fingerprint density at radius 2 is 1.74 bits per heavy atom. The van der Waals surface area contributed by atoms with Gasteiger partial charge in [0.25, 0.3) is 5.91 Å². The number of thiophene rings is 1. The lowest BCUT2D eigenvalue weighted by Gasteiger charge is -2.29. The summed E-state index contributed by atoms with van der Waals surface area (Å²) in [5.74, 6) is -1.89. The van der Waals surface area contributed by atoms with Crippen molar-refractivity contribution in [2.45, 2.75) is 44.7 Å². The van der Waals surface area contributed by atoms with Crippen molar-refractivity contribution in [3.05, 3.63) is 76.4 Å². The molecule has 0 unspecified atom stereocenters. The molecule has 0 aliphatic heterocycles. The number of carbonyl (C=O) groups is 3. The van der Waals surface area contributed by atoms with Gasteiger partial charge >= 0.3 is 5.97 Å². The summed E-state index contributed by atoms with van der Waals surface area (Å²) < 4.78 is 0. The molecule has 0 radical (unpaired) electrons. The standard InChI is InChI=1S/C25H26ClN3O4S/c1-25(2,15-16-3-5-18(26)6-4-16)29-23(32)19(7-10-22(30)31)28-24(33)21-9-8-20(34-21)17-11-13-27-14-12-17/h3-6,8-9,11-14,19H,7,10,15H2,1-2H3,(H,28,33)(H,29,32)(H,30,31)/t19-/m0/s1. The van der Waals surface area contributed by atoms with Crippen LogP contribution in [0, 0.1) is 0 Å². The van der Waals surface area contributed by atoms with Crippen molar-refractivity contribution in [3.8, 4) is 10.4 Å². The van der Waals surface area contributed by atoms with Crippen LogP contribution in [0.25, 0.3) is 10.4 Å². The fraction of sp³-hybridized carbons (Fsp3) is 0.280. The highest BCUT2D eigenvalue weighted by molar-refractivity contribution is 7.17. The molecule has 178 valence electrons. The zero-order valence-electron chi connectivity index (χ0n) is 18.9. The van der Waals surface area contributed by atoms with Crippen LogP contribution >= 0.6 is 22.9 Å². The number of carbonyl (C=O) groups excluding carboxylic acids is 2. The third-order valence-corrected chi connectivity index (χ3v) is 6.47. The van der Waals surface area contributed by atoms with Crippen molar-refractivity contribution in [1.82, 2.24) is 15.6 Å². The van der Waals surface area contributed by atoms with Crippen molar-refractivity contribution >= 4 is 40.7 Å². The van der Waals surface area contributed by atoms with E-state index < -0.39 is 29.4 Å². The Morgan fingerprint density at radius 3 is 2.38 bits per heavy atom. The minimum atomic E-state index is -1.04. The maximum absolute atomic E-state index is 13.1. The predicted molar refractivity (Wildman–Crippen MR) is 133 cm³/mol. The molecule has 3 rings (SSSR count). The number of nitrogens with zero attached hydrogens (tertiary/aromatic N) is 1. The van der Waals surface area contributed by atoms with Gasteiger partial charge in [-0.1, -0.05) is 23.7 Å². The van der Waals surface area contributed by atoms with Gasteiger partial charge in [0.05, 0.1) is 4.88 Å². The number of benzene rings is 1. The van der Waals surface area contributed by atoms with E-state index in [1.54, 1.807) is 30.6 Å². The molecule has 7 nitrogen and oxygen atoms in total. The molecule has 34 heavy (non-hydrogen) atoms. The minimum Gasteiger partial charge on any atom is -0.481 e. The normalized spacial score (nSPS) is 12.1. The Hall–Kier alpha value is -3.23. The van der Waals surface area contributed by atoms with Gasteiger partial charge in [0, 0.05) is 34.3 Å². The maximum atomic E-state index is 13.1. The second kappa shape index (κ2) is 11.3. The lowest BCUT2D eigenvalue weighted by atomic mass is 9.94. The molecule has 0 saturated carbocycles. The highest BCUT2D eigenvalue weighted by Crippen LogP contribution is 2.27. The Balaban J connectivity index is 1.69. The van der Waals surface area contributed by atoms with Crippen LogP contribution in [0.1, 0.15) is 41.9 Å². The van der Waals surface area contributed by atoms with E-state index in [9.17, 15) is 14.4 Å². The highest BCUT2D eigenvalue weighted by Gasteiger charge is 2.28. The van der Waals surface area contributed by atoms with E-state index in [1.807, 2.05) is 44.2 Å². The number of nitrogens with one attached hydrogen (secondary N) is 2. The van der Waals surface area contributed by atoms with Crippen LogP contribution in [0.3, 0.4) is 0 Å². The average Bonchev–Trinajstić information content (AvgIpc) is 3.28. The lowest BCUT2D eigenvalue weighted by Crippen LogP contribution is -2.54. The van der Waals surface area contributed by atoms with E-state index >= 15 is 0 Å². The van der Waals surface area contributed by atoms with Gasteiger partial charge in [0.15, 0.2) is 0 Å². The van der Waals surface area contributed by atoms with Gasteiger partial charge in [0.2, 0.25) is 5.91 Å². The zero-order chi connectivity index (χ0) is 24.7. The number of hydrogen-bond donors (Lipinski definition) is 3. The molecule has 9 heteroatoms. The Bertz CT molecular complexity index is 1150. The highest BCUT2D eigenvalue weighted by atomic mass is 35.5. The third-order valence-electron chi connectivity index (χ3n) is 5.08. The fourth-order valence-electron chi connectivity index (χ4n) is 3.47. The number of aliphatic carboxylic acids is 1. The Morgan fingerprint density at radius 1 is 1.06 bits per heavy atom. The summed E-state index contributed by atoms with van der Waals surface area (Å²) in [6, 6.07) is 13.6. The van der Waals surface area contributed by atoms with Gasteiger partial charge in [-0.15, -0.1) is 11.3 Å². The molecule has 3 N–H and O–H groups in total. The first-order chi connectivity index (χ1) is 16.1. The molecule has 2 aromatic heterocycles. The molecule has 0 saturated heterocycles. The van der Waals surface area contributed by atoms with Crippen molar-refractivity contribution in [3.63, 3.8) is 0 Å². The van der Waals surface area contributed by atoms with Crippen LogP contribution < -0.4 is 10.6 Å². The molecule has 0 fully saturated rings. The van der Waals surface area contributed by atoms with Gasteiger partial charge in [-0.3, -0.25) is 19.4 Å². The monoisotopic (exact) mass is 499 g/mol. The smallest absolute Gasteiger partial charge is 0.303 e. The first-order valence-electron chi connectivity index (χ1n) is 10.7. The van der Waals surface area contributed by atoms with Crippen LogP contribution in [0.4, 0.5) is 0 Å². The van der Waals surface area contributed by atoms with Crippen LogP contribution in [0.2, 0.25) is 5.02 Å². The average molecular weight is 500 g/mol. The number of amides is 2. The molecule has 2 heterocycles. The van der Waals surface area contributed by atoms with Crippen molar-refractivity contribution in [2.75, 3.05) is 0 Å². The van der Waals surface area contributed by atoms with Crippen LogP contribution in [0.5, 0.6) is 0 Å². The van der Waals surface area contributed by atoms with E-state index in [4.69, 9.17) is 16.7 Å². The SMILES string of the molecule is CC(C)(Cc1ccc(Cl)cc1)NC(=O)[C@H](CCC(=O)O)NC(=O)c1ccc(-c2ccncc2)s1. The predicted octanol–water partition coefficient (Wildman–Crippen LogP) is 4.56. The molecule has 0 bridgehead atoms. The molecule has 1 atom stereocenters. The number of carboxylic acids is 1. The maximum Gasteiger partial charge on any atom is 0.303 e. The molecule has 0 aliphatic carbocycles. The second-order valence-corrected chi connectivity index (χ2v) is 10.1. The summed E-state index contributed by atoms with van der Waals surface area (Å²) in [6.07, 6.45) is 3.62. The summed E-state index contributed by atoms with van der Waals surface area (Å²) in [7, 11) is 0. The van der Waals surface area contributed by atoms with Gasteiger partial charge in [-0.2, -0.15) is 0 Å². The number of hydrogen-bond acceptors (Lipinski definition) is 5. The molecule has 2 amide bonds. The van der Waals surface area contributed by atoms with E-state index in [1.165, 1.54) is 11.3 Å². The first-order valence-corrected chi connectivity index (χ1v) is 11.9. The van der Waals surface area contributed by atoms with Crippen LogP contribution in [0.15, 0.2) is 60.9 Å². The first kappa shape index (κ1) is 25.4.